The fraction of sp³-hybridized carbons (Fsp3) is 0.200. The zero-order chi connectivity index (χ0) is 18.1. The van der Waals surface area contributed by atoms with Crippen LogP contribution in [0, 0.1) is 0 Å². The first-order chi connectivity index (χ1) is 12.6. The van der Waals surface area contributed by atoms with E-state index in [0.717, 1.165) is 23.5 Å². The van der Waals surface area contributed by atoms with Gasteiger partial charge >= 0.3 is 0 Å². The van der Waals surface area contributed by atoms with Crippen LogP contribution in [0.1, 0.15) is 23.2 Å². The van der Waals surface area contributed by atoms with Crippen LogP contribution >= 0.6 is 34.5 Å². The van der Waals surface area contributed by atoms with Crippen molar-refractivity contribution in [2.75, 3.05) is 5.32 Å². The van der Waals surface area contributed by atoms with E-state index >= 15 is 0 Å². The van der Waals surface area contributed by atoms with Gasteiger partial charge in [-0.3, -0.25) is 4.79 Å². The minimum Gasteiger partial charge on any atom is -0.326 e. The zero-order valence-corrected chi connectivity index (χ0v) is 16.2. The molecule has 26 heavy (non-hydrogen) atoms. The van der Waals surface area contributed by atoms with Crippen LogP contribution in [0.25, 0.3) is 10.6 Å². The largest absolute Gasteiger partial charge is 0.326 e. The fourth-order valence-corrected chi connectivity index (χ4v) is 4.80. The molecule has 0 aliphatic heterocycles. The molecule has 2 aromatic carbocycles. The van der Waals surface area contributed by atoms with Crippen molar-refractivity contribution in [3.8, 4) is 10.6 Å². The summed E-state index contributed by atoms with van der Waals surface area (Å²) in [5.74, 6) is -0.0787. The maximum absolute atomic E-state index is 12.4. The molecule has 1 heterocycles. The van der Waals surface area contributed by atoms with Crippen molar-refractivity contribution < 1.29 is 4.79 Å². The van der Waals surface area contributed by atoms with Gasteiger partial charge in [0, 0.05) is 16.6 Å². The lowest BCUT2D eigenvalue weighted by atomic mass is 10.1. The van der Waals surface area contributed by atoms with E-state index in [2.05, 4.69) is 22.4 Å². The molecule has 3 nitrogen and oxygen atoms in total. The number of hydrogen-bond donors (Lipinski definition) is 1. The Labute approximate surface area is 166 Å². The molecule has 1 amide bonds. The number of carbonyl (C=O) groups excluding carboxylic acids is 1. The first-order valence-corrected chi connectivity index (χ1v) is 10.0. The van der Waals surface area contributed by atoms with Gasteiger partial charge < -0.3 is 5.32 Å². The van der Waals surface area contributed by atoms with Crippen LogP contribution < -0.4 is 5.32 Å². The van der Waals surface area contributed by atoms with Crippen LogP contribution in [0.2, 0.25) is 10.0 Å². The highest BCUT2D eigenvalue weighted by Gasteiger charge is 2.15. The molecule has 1 aromatic heterocycles. The summed E-state index contributed by atoms with van der Waals surface area (Å²) in [6.07, 6.45) is 3.64. The van der Waals surface area contributed by atoms with Crippen LogP contribution in [0.3, 0.4) is 0 Å². The summed E-state index contributed by atoms with van der Waals surface area (Å²) in [7, 11) is 0. The molecule has 0 fully saturated rings. The normalized spacial score (nSPS) is 12.8. The summed E-state index contributed by atoms with van der Waals surface area (Å²) >= 11 is 13.9. The highest BCUT2D eigenvalue weighted by atomic mass is 35.5. The van der Waals surface area contributed by atoms with Crippen LogP contribution in [0.15, 0.2) is 41.8 Å². The first kappa shape index (κ1) is 17.5. The Morgan fingerprint density at radius 1 is 1.12 bits per heavy atom. The van der Waals surface area contributed by atoms with Crippen LogP contribution in [-0.2, 0) is 24.1 Å². The number of nitrogens with zero attached hydrogens (tertiary/aromatic N) is 1. The van der Waals surface area contributed by atoms with E-state index in [1.54, 1.807) is 18.2 Å². The van der Waals surface area contributed by atoms with Crippen molar-refractivity contribution in [2.45, 2.75) is 25.7 Å². The van der Waals surface area contributed by atoms with E-state index in [-0.39, 0.29) is 12.3 Å². The van der Waals surface area contributed by atoms with Crippen molar-refractivity contribution in [2.24, 2.45) is 0 Å². The first-order valence-electron chi connectivity index (χ1n) is 8.40. The summed E-state index contributed by atoms with van der Waals surface area (Å²) in [5.41, 5.74) is 5.00. The molecule has 0 spiro atoms. The van der Waals surface area contributed by atoms with Gasteiger partial charge in [0.25, 0.3) is 0 Å². The third-order valence-electron chi connectivity index (χ3n) is 4.45. The quantitative estimate of drug-likeness (QED) is 0.599. The molecule has 1 aliphatic carbocycles. The predicted octanol–water partition coefficient (Wildman–Crippen LogP) is 5.79. The summed E-state index contributed by atoms with van der Waals surface area (Å²) in [6.45, 7) is 0. The highest BCUT2D eigenvalue weighted by molar-refractivity contribution is 7.13. The zero-order valence-electron chi connectivity index (χ0n) is 13.9. The van der Waals surface area contributed by atoms with E-state index in [1.165, 1.54) is 28.9 Å². The van der Waals surface area contributed by atoms with Gasteiger partial charge in [0.15, 0.2) is 0 Å². The van der Waals surface area contributed by atoms with Gasteiger partial charge in [-0.05, 0) is 54.7 Å². The standard InChI is InChI=1S/C20H16Cl2N2OS/c21-16-5-2-6-17(22)19(16)20-24-15(11-26-20)10-18(25)23-14-8-7-12-3-1-4-13(12)9-14/h2,5-9,11H,1,3-4,10H2,(H,23,25). The third kappa shape index (κ3) is 3.63. The smallest absolute Gasteiger partial charge is 0.230 e. The second-order valence-corrected chi connectivity index (χ2v) is 7.98. The molecule has 132 valence electrons. The third-order valence-corrected chi connectivity index (χ3v) is 5.99. The van der Waals surface area contributed by atoms with Crippen LogP contribution in [-0.4, -0.2) is 10.9 Å². The highest BCUT2D eigenvalue weighted by Crippen LogP contribution is 2.36. The maximum atomic E-state index is 12.4. The van der Waals surface area contributed by atoms with Gasteiger partial charge in [0.05, 0.1) is 22.2 Å². The van der Waals surface area contributed by atoms with Crippen molar-refractivity contribution in [3.05, 3.63) is 68.6 Å². The lowest BCUT2D eigenvalue weighted by Crippen LogP contribution is -2.14. The number of aryl methyl sites for hydroxylation is 2. The number of halogens is 2. The van der Waals surface area contributed by atoms with Gasteiger partial charge in [0.2, 0.25) is 5.91 Å². The Kier molecular flexibility index (Phi) is 4.98. The molecule has 4 rings (SSSR count). The average molecular weight is 403 g/mol. The molecule has 0 atom stereocenters. The van der Waals surface area contributed by atoms with Crippen molar-refractivity contribution in [1.82, 2.24) is 4.98 Å². The molecule has 0 saturated heterocycles. The van der Waals surface area contributed by atoms with Crippen LogP contribution in [0.4, 0.5) is 5.69 Å². The lowest BCUT2D eigenvalue weighted by Gasteiger charge is -2.07. The minimum atomic E-state index is -0.0787. The summed E-state index contributed by atoms with van der Waals surface area (Å²) in [5, 5.41) is 6.67. The molecular formula is C20H16Cl2N2OS. The lowest BCUT2D eigenvalue weighted by molar-refractivity contribution is -0.115. The second-order valence-electron chi connectivity index (χ2n) is 6.30. The monoisotopic (exact) mass is 402 g/mol. The topological polar surface area (TPSA) is 42.0 Å². The number of amides is 1. The fourth-order valence-electron chi connectivity index (χ4n) is 3.22. The van der Waals surface area contributed by atoms with E-state index in [0.29, 0.717) is 21.3 Å². The number of hydrogen-bond acceptors (Lipinski definition) is 3. The van der Waals surface area contributed by atoms with E-state index < -0.39 is 0 Å². The predicted molar refractivity (Wildman–Crippen MR) is 108 cm³/mol. The number of aromatic nitrogens is 1. The van der Waals surface area contributed by atoms with E-state index in [1.807, 2.05) is 11.4 Å². The number of benzene rings is 2. The van der Waals surface area contributed by atoms with Gasteiger partial charge in [0.1, 0.15) is 5.01 Å². The Morgan fingerprint density at radius 2 is 1.88 bits per heavy atom. The molecule has 0 saturated carbocycles. The number of anilines is 1. The van der Waals surface area contributed by atoms with Gasteiger partial charge in [-0.15, -0.1) is 11.3 Å². The summed E-state index contributed by atoms with van der Waals surface area (Å²) in [6, 6.07) is 11.5. The Hall–Kier alpha value is -1.88. The number of rotatable bonds is 4. The van der Waals surface area contributed by atoms with E-state index in [9.17, 15) is 4.79 Å². The van der Waals surface area contributed by atoms with Gasteiger partial charge in [-0.2, -0.15) is 0 Å². The second kappa shape index (κ2) is 7.39. The number of carbonyl (C=O) groups is 1. The molecule has 0 radical (unpaired) electrons. The Bertz CT molecular complexity index is 963. The van der Waals surface area contributed by atoms with Crippen LogP contribution in [0.5, 0.6) is 0 Å². The average Bonchev–Trinajstić information content (AvgIpc) is 3.23. The summed E-state index contributed by atoms with van der Waals surface area (Å²) < 4.78 is 0. The molecule has 1 N–H and O–H groups in total. The molecule has 6 heteroatoms. The Morgan fingerprint density at radius 3 is 2.69 bits per heavy atom. The molecule has 3 aromatic rings. The SMILES string of the molecule is O=C(Cc1csc(-c2c(Cl)cccc2Cl)n1)Nc1ccc2c(c1)CCC2. The van der Waals surface area contributed by atoms with Crippen molar-refractivity contribution in [1.29, 1.82) is 0 Å². The molecule has 1 aliphatic rings. The number of thiazole rings is 1. The molecule has 0 bridgehead atoms. The number of fused-ring (bicyclic) bond motifs is 1. The van der Waals surface area contributed by atoms with Gasteiger partial charge in [-0.1, -0.05) is 35.3 Å². The number of nitrogens with one attached hydrogen (secondary N) is 1. The van der Waals surface area contributed by atoms with E-state index in [4.69, 9.17) is 23.2 Å². The maximum Gasteiger partial charge on any atom is 0.230 e. The van der Waals surface area contributed by atoms with Crippen molar-refractivity contribution in [3.63, 3.8) is 0 Å². The van der Waals surface area contributed by atoms with Gasteiger partial charge in [-0.25, -0.2) is 4.98 Å². The minimum absolute atomic E-state index is 0.0787. The Balaban J connectivity index is 1.46. The van der Waals surface area contributed by atoms with Crippen molar-refractivity contribution >= 4 is 46.1 Å². The summed E-state index contributed by atoms with van der Waals surface area (Å²) in [4.78, 5) is 16.9. The molecular weight excluding hydrogens is 387 g/mol. The molecule has 0 unspecified atom stereocenters.